The summed E-state index contributed by atoms with van der Waals surface area (Å²) in [5.41, 5.74) is 3.74. The third kappa shape index (κ3) is 3.48. The van der Waals surface area contributed by atoms with Gasteiger partial charge in [0.1, 0.15) is 17.5 Å². The Hall–Kier alpha value is -2.54. The van der Waals surface area contributed by atoms with Gasteiger partial charge in [0.2, 0.25) is 0 Å². The standard InChI is InChI=1S/C16H17N3O/c1-12-3-6-16(20-2)13(9-12)7-8-18-15-5-4-14(10-17)19-11-15/h3-6,9,11,18H,7-8H2,1-2H3. The Balaban J connectivity index is 1.95. The molecule has 20 heavy (non-hydrogen) atoms. The van der Waals surface area contributed by atoms with Gasteiger partial charge in [-0.1, -0.05) is 17.7 Å². The summed E-state index contributed by atoms with van der Waals surface area (Å²) in [6.07, 6.45) is 2.54. The van der Waals surface area contributed by atoms with Gasteiger partial charge in [0.15, 0.2) is 0 Å². The Morgan fingerprint density at radius 1 is 1.30 bits per heavy atom. The van der Waals surface area contributed by atoms with Crippen LogP contribution in [0.1, 0.15) is 16.8 Å². The molecule has 0 saturated heterocycles. The number of pyridine rings is 1. The summed E-state index contributed by atoms with van der Waals surface area (Å²) in [6.45, 7) is 2.86. The van der Waals surface area contributed by atoms with Gasteiger partial charge >= 0.3 is 0 Å². The Bertz CT molecular complexity index is 615. The summed E-state index contributed by atoms with van der Waals surface area (Å²) < 4.78 is 5.36. The molecule has 0 fully saturated rings. The van der Waals surface area contributed by atoms with Crippen molar-refractivity contribution < 1.29 is 4.74 Å². The van der Waals surface area contributed by atoms with Crippen LogP contribution in [0.15, 0.2) is 36.5 Å². The molecule has 1 aromatic carbocycles. The van der Waals surface area contributed by atoms with Gasteiger partial charge in [-0.2, -0.15) is 5.26 Å². The van der Waals surface area contributed by atoms with E-state index in [1.165, 1.54) is 11.1 Å². The molecule has 4 nitrogen and oxygen atoms in total. The fourth-order valence-electron chi connectivity index (χ4n) is 2.01. The lowest BCUT2D eigenvalue weighted by Crippen LogP contribution is -2.06. The van der Waals surface area contributed by atoms with Gasteiger partial charge in [-0.25, -0.2) is 4.98 Å². The highest BCUT2D eigenvalue weighted by Gasteiger charge is 2.03. The normalized spacial score (nSPS) is 9.85. The first kappa shape index (κ1) is 13.9. The number of methoxy groups -OCH3 is 1. The molecule has 2 aromatic rings. The van der Waals surface area contributed by atoms with Crippen LogP contribution in [0.2, 0.25) is 0 Å². The predicted molar refractivity (Wildman–Crippen MR) is 78.9 cm³/mol. The molecule has 1 heterocycles. The zero-order valence-electron chi connectivity index (χ0n) is 11.7. The maximum atomic E-state index is 8.69. The molecule has 2 rings (SSSR count). The van der Waals surface area contributed by atoms with E-state index in [0.29, 0.717) is 5.69 Å². The maximum Gasteiger partial charge on any atom is 0.140 e. The number of aromatic nitrogens is 1. The molecule has 0 saturated carbocycles. The van der Waals surface area contributed by atoms with Crippen LogP contribution >= 0.6 is 0 Å². The number of rotatable bonds is 5. The van der Waals surface area contributed by atoms with E-state index in [9.17, 15) is 0 Å². The monoisotopic (exact) mass is 267 g/mol. The summed E-state index contributed by atoms with van der Waals surface area (Å²) in [5.74, 6) is 0.912. The second-order valence-electron chi connectivity index (χ2n) is 4.54. The molecule has 102 valence electrons. The Morgan fingerprint density at radius 2 is 2.15 bits per heavy atom. The van der Waals surface area contributed by atoms with Crippen LogP contribution in [0, 0.1) is 18.3 Å². The zero-order valence-corrected chi connectivity index (χ0v) is 11.7. The van der Waals surface area contributed by atoms with Crippen molar-refractivity contribution in [3.05, 3.63) is 53.3 Å². The van der Waals surface area contributed by atoms with Crippen molar-refractivity contribution in [2.75, 3.05) is 19.0 Å². The largest absolute Gasteiger partial charge is 0.496 e. The number of benzene rings is 1. The molecule has 1 N–H and O–H groups in total. The molecule has 0 atom stereocenters. The van der Waals surface area contributed by atoms with E-state index in [1.54, 1.807) is 19.4 Å². The first-order chi connectivity index (χ1) is 9.72. The van der Waals surface area contributed by atoms with Crippen molar-refractivity contribution in [1.29, 1.82) is 5.26 Å². The predicted octanol–water partition coefficient (Wildman–Crippen LogP) is 2.92. The average molecular weight is 267 g/mol. The van der Waals surface area contributed by atoms with Crippen LogP contribution < -0.4 is 10.1 Å². The minimum atomic E-state index is 0.427. The van der Waals surface area contributed by atoms with Gasteiger partial charge in [0.25, 0.3) is 0 Å². The lowest BCUT2D eigenvalue weighted by molar-refractivity contribution is 0.410. The highest BCUT2D eigenvalue weighted by molar-refractivity contribution is 5.43. The van der Waals surface area contributed by atoms with Crippen LogP contribution in [-0.2, 0) is 6.42 Å². The summed E-state index contributed by atoms with van der Waals surface area (Å²) in [6, 6.07) is 11.7. The number of nitrogens with zero attached hydrogens (tertiary/aromatic N) is 2. The lowest BCUT2D eigenvalue weighted by Gasteiger charge is -2.10. The van der Waals surface area contributed by atoms with Crippen molar-refractivity contribution in [3.63, 3.8) is 0 Å². The number of nitriles is 1. The quantitative estimate of drug-likeness (QED) is 0.905. The van der Waals surface area contributed by atoms with Crippen molar-refractivity contribution in [2.45, 2.75) is 13.3 Å². The summed E-state index contributed by atoms with van der Waals surface area (Å²) in [7, 11) is 1.69. The Labute approximate surface area is 119 Å². The molecule has 4 heteroatoms. The summed E-state index contributed by atoms with van der Waals surface area (Å²) in [5, 5.41) is 12.0. The minimum absolute atomic E-state index is 0.427. The van der Waals surface area contributed by atoms with Gasteiger partial charge in [-0.15, -0.1) is 0 Å². The van der Waals surface area contributed by atoms with E-state index in [4.69, 9.17) is 10.00 Å². The van der Waals surface area contributed by atoms with Crippen molar-refractivity contribution in [1.82, 2.24) is 4.98 Å². The van der Waals surface area contributed by atoms with E-state index in [2.05, 4.69) is 23.3 Å². The second-order valence-corrected chi connectivity index (χ2v) is 4.54. The number of nitrogens with one attached hydrogen (secondary N) is 1. The van der Waals surface area contributed by atoms with Crippen molar-refractivity contribution in [3.8, 4) is 11.8 Å². The highest BCUT2D eigenvalue weighted by atomic mass is 16.5. The minimum Gasteiger partial charge on any atom is -0.496 e. The molecule has 0 radical (unpaired) electrons. The molecule has 0 aliphatic carbocycles. The lowest BCUT2D eigenvalue weighted by atomic mass is 10.1. The molecule has 0 aliphatic rings. The number of aryl methyl sites for hydroxylation is 1. The van der Waals surface area contributed by atoms with Gasteiger partial charge in [0.05, 0.1) is 19.0 Å². The van der Waals surface area contributed by atoms with Crippen LogP contribution in [-0.4, -0.2) is 18.6 Å². The highest BCUT2D eigenvalue weighted by Crippen LogP contribution is 2.20. The van der Waals surface area contributed by atoms with Gasteiger partial charge in [0, 0.05) is 6.54 Å². The van der Waals surface area contributed by atoms with E-state index >= 15 is 0 Å². The second kappa shape index (κ2) is 6.58. The van der Waals surface area contributed by atoms with Crippen molar-refractivity contribution in [2.24, 2.45) is 0 Å². The van der Waals surface area contributed by atoms with Crippen LogP contribution in [0.5, 0.6) is 5.75 Å². The molecule has 0 spiro atoms. The first-order valence-corrected chi connectivity index (χ1v) is 6.46. The summed E-state index contributed by atoms with van der Waals surface area (Å²) in [4.78, 5) is 4.02. The molecule has 0 unspecified atom stereocenters. The molecule has 0 amide bonds. The van der Waals surface area contributed by atoms with E-state index in [0.717, 1.165) is 24.4 Å². The number of anilines is 1. The number of hydrogen-bond donors (Lipinski definition) is 1. The van der Waals surface area contributed by atoms with Gasteiger partial charge in [-0.05, 0) is 37.1 Å². The molecular formula is C16H17N3O. The fraction of sp³-hybridized carbons (Fsp3) is 0.250. The smallest absolute Gasteiger partial charge is 0.140 e. The van der Waals surface area contributed by atoms with E-state index in [-0.39, 0.29) is 0 Å². The number of ether oxygens (including phenoxy) is 1. The fourth-order valence-corrected chi connectivity index (χ4v) is 2.01. The Morgan fingerprint density at radius 3 is 2.80 bits per heavy atom. The van der Waals surface area contributed by atoms with E-state index < -0.39 is 0 Å². The van der Waals surface area contributed by atoms with E-state index in [1.807, 2.05) is 24.3 Å². The van der Waals surface area contributed by atoms with Crippen LogP contribution in [0.3, 0.4) is 0 Å². The first-order valence-electron chi connectivity index (χ1n) is 6.46. The average Bonchev–Trinajstić information content (AvgIpc) is 2.48. The SMILES string of the molecule is COc1ccc(C)cc1CCNc1ccc(C#N)nc1. The molecule has 1 aromatic heterocycles. The maximum absolute atomic E-state index is 8.69. The van der Waals surface area contributed by atoms with Crippen LogP contribution in [0.4, 0.5) is 5.69 Å². The van der Waals surface area contributed by atoms with Crippen molar-refractivity contribution >= 4 is 5.69 Å². The third-order valence-corrected chi connectivity index (χ3v) is 3.04. The van der Waals surface area contributed by atoms with Gasteiger partial charge in [-0.3, -0.25) is 0 Å². The molecule has 0 aliphatic heterocycles. The van der Waals surface area contributed by atoms with Crippen LogP contribution in [0.25, 0.3) is 0 Å². The zero-order chi connectivity index (χ0) is 14.4. The number of hydrogen-bond acceptors (Lipinski definition) is 4. The topological polar surface area (TPSA) is 57.9 Å². The summed E-state index contributed by atoms with van der Waals surface area (Å²) >= 11 is 0. The molecular weight excluding hydrogens is 250 g/mol. The van der Waals surface area contributed by atoms with Gasteiger partial charge < -0.3 is 10.1 Å². The Kier molecular flexibility index (Phi) is 4.56. The third-order valence-electron chi connectivity index (χ3n) is 3.04. The molecule has 0 bridgehead atoms.